The Morgan fingerprint density at radius 1 is 1.14 bits per heavy atom. The molecule has 2 heterocycles. The molecule has 0 radical (unpaired) electrons. The van der Waals surface area contributed by atoms with Crippen LogP contribution in [0.5, 0.6) is 17.2 Å². The number of carbonyl (C=O) groups is 1. The Bertz CT molecular complexity index is 1010. The second kappa shape index (κ2) is 9.06. The normalized spacial score (nSPS) is 12.4. The maximum absolute atomic E-state index is 12.2. The van der Waals surface area contributed by atoms with Crippen LogP contribution in [0.2, 0.25) is 5.02 Å². The van der Waals surface area contributed by atoms with Crippen LogP contribution < -0.4 is 19.5 Å². The monoisotopic (exact) mass is 433 g/mol. The van der Waals surface area contributed by atoms with Crippen molar-refractivity contribution in [3.8, 4) is 17.2 Å². The summed E-state index contributed by atoms with van der Waals surface area (Å²) >= 11 is 7.16. The van der Waals surface area contributed by atoms with Gasteiger partial charge in [0.05, 0.1) is 10.8 Å². The highest BCUT2D eigenvalue weighted by atomic mass is 35.5. The molecule has 1 aromatic heterocycles. The Labute approximate surface area is 175 Å². The predicted octanol–water partition coefficient (Wildman–Crippen LogP) is 3.80. The van der Waals surface area contributed by atoms with Crippen LogP contribution >= 0.6 is 23.4 Å². The minimum absolute atomic E-state index is 0.0840. The van der Waals surface area contributed by atoms with Gasteiger partial charge in [0.25, 0.3) is 11.1 Å². The summed E-state index contributed by atoms with van der Waals surface area (Å²) in [4.78, 5) is 12.2. The Kier molecular flexibility index (Phi) is 6.06. The second-order valence-electron chi connectivity index (χ2n) is 5.88. The van der Waals surface area contributed by atoms with E-state index in [9.17, 15) is 4.79 Å². The van der Waals surface area contributed by atoms with Gasteiger partial charge >= 0.3 is 0 Å². The van der Waals surface area contributed by atoms with Crippen LogP contribution in [-0.4, -0.2) is 35.1 Å². The fraction of sp³-hybridized carbons (Fsp3) is 0.211. The third kappa shape index (κ3) is 5.12. The standard InChI is InChI=1S/C19H16ClN3O5S/c20-13-3-1-2-4-14(13)27-10-18-22-23-19(28-18)29-11-17(24)21-12-5-6-15-16(9-12)26-8-7-25-15/h1-6,9H,7-8,10-11H2,(H,21,24). The number of halogens is 1. The summed E-state index contributed by atoms with van der Waals surface area (Å²) in [6, 6.07) is 12.4. The average Bonchev–Trinajstić information content (AvgIpc) is 3.19. The van der Waals surface area contributed by atoms with Crippen LogP contribution in [0.15, 0.2) is 52.1 Å². The predicted molar refractivity (Wildman–Crippen MR) is 107 cm³/mol. The number of ether oxygens (including phenoxy) is 3. The van der Waals surface area contributed by atoms with Gasteiger partial charge in [-0.15, -0.1) is 10.2 Å². The zero-order valence-corrected chi connectivity index (χ0v) is 16.7. The molecule has 8 nitrogen and oxygen atoms in total. The molecule has 2 aromatic carbocycles. The molecule has 29 heavy (non-hydrogen) atoms. The molecule has 0 spiro atoms. The topological polar surface area (TPSA) is 95.7 Å². The zero-order chi connectivity index (χ0) is 20.1. The van der Waals surface area contributed by atoms with Gasteiger partial charge in [0.1, 0.15) is 19.0 Å². The molecule has 4 rings (SSSR count). The maximum atomic E-state index is 12.2. The van der Waals surface area contributed by atoms with E-state index in [0.29, 0.717) is 47.1 Å². The number of nitrogens with one attached hydrogen (secondary N) is 1. The van der Waals surface area contributed by atoms with E-state index in [4.69, 9.17) is 30.2 Å². The van der Waals surface area contributed by atoms with Crippen LogP contribution in [0.3, 0.4) is 0 Å². The molecule has 1 aliphatic heterocycles. The minimum Gasteiger partial charge on any atom is -0.486 e. The van der Waals surface area contributed by atoms with E-state index in [1.165, 1.54) is 0 Å². The Morgan fingerprint density at radius 3 is 2.83 bits per heavy atom. The number of fused-ring (bicyclic) bond motifs is 1. The maximum Gasteiger partial charge on any atom is 0.277 e. The molecule has 0 saturated heterocycles. The molecule has 1 amide bonds. The number of hydrogen-bond acceptors (Lipinski definition) is 8. The van der Waals surface area contributed by atoms with Gasteiger partial charge in [-0.05, 0) is 24.3 Å². The largest absolute Gasteiger partial charge is 0.486 e. The summed E-state index contributed by atoms with van der Waals surface area (Å²) in [5.41, 5.74) is 0.624. The number of carbonyl (C=O) groups excluding carboxylic acids is 1. The lowest BCUT2D eigenvalue weighted by Crippen LogP contribution is -2.17. The van der Waals surface area contributed by atoms with Crippen molar-refractivity contribution in [3.63, 3.8) is 0 Å². The van der Waals surface area contributed by atoms with Gasteiger partial charge in [-0.2, -0.15) is 0 Å². The Hall–Kier alpha value is -2.91. The van der Waals surface area contributed by atoms with Crippen LogP contribution in [0, 0.1) is 0 Å². The lowest BCUT2D eigenvalue weighted by molar-refractivity contribution is -0.113. The van der Waals surface area contributed by atoms with Crippen molar-refractivity contribution < 1.29 is 23.4 Å². The van der Waals surface area contributed by atoms with Gasteiger partial charge in [0, 0.05) is 11.8 Å². The fourth-order valence-corrected chi connectivity index (χ4v) is 3.27. The summed E-state index contributed by atoms with van der Waals surface area (Å²) < 4.78 is 22.0. The van der Waals surface area contributed by atoms with Crippen molar-refractivity contribution in [3.05, 3.63) is 53.4 Å². The number of anilines is 1. The summed E-state index contributed by atoms with van der Waals surface area (Å²) in [6.07, 6.45) is 0. The molecule has 3 aromatic rings. The van der Waals surface area contributed by atoms with Crippen molar-refractivity contribution >= 4 is 35.0 Å². The molecule has 0 saturated carbocycles. The smallest absolute Gasteiger partial charge is 0.277 e. The molecule has 1 N–H and O–H groups in total. The first kappa shape index (κ1) is 19.4. The number of hydrogen-bond donors (Lipinski definition) is 1. The van der Waals surface area contributed by atoms with Crippen molar-refractivity contribution in [1.82, 2.24) is 10.2 Å². The first-order valence-electron chi connectivity index (χ1n) is 8.69. The lowest BCUT2D eigenvalue weighted by atomic mass is 10.2. The van der Waals surface area contributed by atoms with Crippen molar-refractivity contribution in [2.75, 3.05) is 24.3 Å². The van der Waals surface area contributed by atoms with Crippen molar-refractivity contribution in [1.29, 1.82) is 0 Å². The van der Waals surface area contributed by atoms with E-state index in [0.717, 1.165) is 11.8 Å². The molecule has 10 heteroatoms. The highest BCUT2D eigenvalue weighted by Gasteiger charge is 2.14. The molecule has 0 unspecified atom stereocenters. The van der Waals surface area contributed by atoms with E-state index in [1.54, 1.807) is 30.3 Å². The quantitative estimate of drug-likeness (QED) is 0.562. The molecule has 0 atom stereocenters. The number of benzene rings is 2. The number of rotatable bonds is 7. The first-order valence-corrected chi connectivity index (χ1v) is 10.1. The van der Waals surface area contributed by atoms with Crippen LogP contribution in [0.1, 0.15) is 5.89 Å². The fourth-order valence-electron chi connectivity index (χ4n) is 2.50. The van der Waals surface area contributed by atoms with E-state index < -0.39 is 0 Å². The van der Waals surface area contributed by atoms with Gasteiger partial charge in [-0.25, -0.2) is 0 Å². The summed E-state index contributed by atoms with van der Waals surface area (Å²) in [7, 11) is 0. The van der Waals surface area contributed by atoms with Crippen LogP contribution in [0.25, 0.3) is 0 Å². The van der Waals surface area contributed by atoms with Crippen molar-refractivity contribution in [2.24, 2.45) is 0 Å². The molecule has 0 aliphatic carbocycles. The Balaban J connectivity index is 1.26. The number of aromatic nitrogens is 2. The van der Waals surface area contributed by atoms with E-state index in [-0.39, 0.29) is 23.5 Å². The summed E-state index contributed by atoms with van der Waals surface area (Å²) in [6.45, 7) is 1.09. The number of nitrogens with zero attached hydrogens (tertiary/aromatic N) is 2. The van der Waals surface area contributed by atoms with Gasteiger partial charge in [-0.1, -0.05) is 35.5 Å². The second-order valence-corrected chi connectivity index (χ2v) is 7.21. The minimum atomic E-state index is -0.209. The average molecular weight is 434 g/mol. The molecule has 150 valence electrons. The highest BCUT2D eigenvalue weighted by molar-refractivity contribution is 7.99. The van der Waals surface area contributed by atoms with E-state index >= 15 is 0 Å². The molecular weight excluding hydrogens is 418 g/mol. The van der Waals surface area contributed by atoms with E-state index in [2.05, 4.69) is 15.5 Å². The third-order valence-corrected chi connectivity index (χ3v) is 4.92. The van der Waals surface area contributed by atoms with Crippen molar-refractivity contribution in [2.45, 2.75) is 11.8 Å². The van der Waals surface area contributed by atoms with Gasteiger partial charge < -0.3 is 23.9 Å². The van der Waals surface area contributed by atoms with Gasteiger partial charge in [0.15, 0.2) is 18.1 Å². The summed E-state index contributed by atoms with van der Waals surface area (Å²) in [5.74, 6) is 2.00. The van der Waals surface area contributed by atoms with Gasteiger partial charge in [-0.3, -0.25) is 4.79 Å². The van der Waals surface area contributed by atoms with Gasteiger partial charge in [0.2, 0.25) is 5.91 Å². The SMILES string of the molecule is O=C(CSc1nnc(COc2ccccc2Cl)o1)Nc1ccc2c(c1)OCCO2. The first-order chi connectivity index (χ1) is 14.2. The lowest BCUT2D eigenvalue weighted by Gasteiger charge is -2.18. The van der Waals surface area contributed by atoms with E-state index in [1.807, 2.05) is 12.1 Å². The molecular formula is C19H16ClN3O5S. The van der Waals surface area contributed by atoms with Crippen LogP contribution in [-0.2, 0) is 11.4 Å². The molecule has 0 bridgehead atoms. The highest BCUT2D eigenvalue weighted by Crippen LogP contribution is 2.32. The zero-order valence-electron chi connectivity index (χ0n) is 15.1. The van der Waals surface area contributed by atoms with Crippen LogP contribution in [0.4, 0.5) is 5.69 Å². The number of para-hydroxylation sites is 1. The molecule has 0 fully saturated rings. The number of thioether (sulfide) groups is 1. The Morgan fingerprint density at radius 2 is 1.97 bits per heavy atom. The number of amides is 1. The third-order valence-electron chi connectivity index (χ3n) is 3.79. The summed E-state index contributed by atoms with van der Waals surface area (Å²) in [5, 5.41) is 11.4. The molecule has 1 aliphatic rings.